The van der Waals surface area contributed by atoms with E-state index < -0.39 is 0 Å². The van der Waals surface area contributed by atoms with E-state index in [9.17, 15) is 0 Å². The maximum atomic E-state index is 5.73. The Morgan fingerprint density at radius 3 is 2.88 bits per heavy atom. The molecule has 1 aliphatic heterocycles. The molecule has 0 saturated carbocycles. The van der Waals surface area contributed by atoms with Crippen LogP contribution in [0.3, 0.4) is 0 Å². The molecule has 2 rings (SSSR count). The summed E-state index contributed by atoms with van der Waals surface area (Å²) in [5.74, 6) is 2.33. The molecule has 2 atom stereocenters. The second-order valence-electron chi connectivity index (χ2n) is 4.39. The van der Waals surface area contributed by atoms with E-state index in [2.05, 4.69) is 28.6 Å². The lowest BCUT2D eigenvalue weighted by molar-refractivity contribution is 0.0837. The van der Waals surface area contributed by atoms with E-state index in [1.807, 2.05) is 0 Å². The lowest BCUT2D eigenvalue weighted by atomic mass is 10.0. The van der Waals surface area contributed by atoms with Gasteiger partial charge in [0.15, 0.2) is 5.82 Å². The standard InChI is InChI=1S/C11H20N4O/c1-3-5-15-9(7-12)13-14-11(15)10-8(2)4-6-16-10/h8,10H,3-7,12H2,1-2H3. The third kappa shape index (κ3) is 1.97. The Labute approximate surface area is 96.0 Å². The molecule has 2 heterocycles. The van der Waals surface area contributed by atoms with Crippen molar-refractivity contribution >= 4 is 0 Å². The molecule has 1 fully saturated rings. The number of nitrogens with zero attached hydrogens (tertiary/aromatic N) is 3. The molecule has 2 unspecified atom stereocenters. The fraction of sp³-hybridized carbons (Fsp3) is 0.818. The predicted octanol–water partition coefficient (Wildman–Crippen LogP) is 1.24. The van der Waals surface area contributed by atoms with Gasteiger partial charge in [-0.3, -0.25) is 0 Å². The Morgan fingerprint density at radius 1 is 1.50 bits per heavy atom. The normalized spacial score (nSPS) is 25.2. The first kappa shape index (κ1) is 11.5. The summed E-state index contributed by atoms with van der Waals surface area (Å²) < 4.78 is 7.85. The molecule has 0 aliphatic carbocycles. The van der Waals surface area contributed by atoms with Crippen molar-refractivity contribution in [2.45, 2.75) is 45.9 Å². The van der Waals surface area contributed by atoms with Gasteiger partial charge in [0.25, 0.3) is 0 Å². The third-order valence-corrected chi connectivity index (χ3v) is 3.13. The topological polar surface area (TPSA) is 66.0 Å². The molecule has 0 bridgehead atoms. The largest absolute Gasteiger partial charge is 0.370 e. The van der Waals surface area contributed by atoms with Crippen LogP contribution in [0.5, 0.6) is 0 Å². The van der Waals surface area contributed by atoms with E-state index in [4.69, 9.17) is 10.5 Å². The second kappa shape index (κ2) is 4.93. The molecule has 5 nitrogen and oxygen atoms in total. The van der Waals surface area contributed by atoms with Gasteiger partial charge in [-0.2, -0.15) is 0 Å². The van der Waals surface area contributed by atoms with Crippen molar-refractivity contribution < 1.29 is 4.74 Å². The van der Waals surface area contributed by atoms with E-state index in [1.165, 1.54) is 0 Å². The van der Waals surface area contributed by atoms with E-state index in [1.54, 1.807) is 0 Å². The summed E-state index contributed by atoms with van der Waals surface area (Å²) in [6, 6.07) is 0. The first-order chi connectivity index (χ1) is 7.77. The first-order valence-corrected chi connectivity index (χ1v) is 6.01. The van der Waals surface area contributed by atoms with Gasteiger partial charge in [-0.1, -0.05) is 13.8 Å². The SMILES string of the molecule is CCCn1c(CN)nnc1C1OCCC1C. The zero-order valence-electron chi connectivity index (χ0n) is 10.0. The lowest BCUT2D eigenvalue weighted by Crippen LogP contribution is -2.15. The van der Waals surface area contributed by atoms with Crippen molar-refractivity contribution in [1.82, 2.24) is 14.8 Å². The molecule has 1 saturated heterocycles. The number of hydrogen-bond donors (Lipinski definition) is 1. The summed E-state index contributed by atoms with van der Waals surface area (Å²) in [4.78, 5) is 0. The Balaban J connectivity index is 2.28. The van der Waals surface area contributed by atoms with Crippen molar-refractivity contribution in [2.24, 2.45) is 11.7 Å². The van der Waals surface area contributed by atoms with Gasteiger partial charge in [0.05, 0.1) is 6.54 Å². The molecule has 1 aromatic heterocycles. The molecule has 0 spiro atoms. The molecule has 0 amide bonds. The monoisotopic (exact) mass is 224 g/mol. The third-order valence-electron chi connectivity index (χ3n) is 3.13. The van der Waals surface area contributed by atoms with Crippen LogP contribution in [0.15, 0.2) is 0 Å². The van der Waals surface area contributed by atoms with Gasteiger partial charge in [-0.05, 0) is 18.8 Å². The highest BCUT2D eigenvalue weighted by Crippen LogP contribution is 2.33. The average Bonchev–Trinajstić information content (AvgIpc) is 2.85. The van der Waals surface area contributed by atoms with Crippen LogP contribution in [0.2, 0.25) is 0 Å². The van der Waals surface area contributed by atoms with E-state index in [0.29, 0.717) is 12.5 Å². The molecular weight excluding hydrogens is 204 g/mol. The number of aromatic nitrogens is 3. The minimum absolute atomic E-state index is 0.0966. The van der Waals surface area contributed by atoms with Crippen molar-refractivity contribution in [2.75, 3.05) is 6.61 Å². The van der Waals surface area contributed by atoms with Gasteiger partial charge in [0, 0.05) is 13.2 Å². The van der Waals surface area contributed by atoms with Crippen molar-refractivity contribution in [3.63, 3.8) is 0 Å². The highest BCUT2D eigenvalue weighted by atomic mass is 16.5. The minimum Gasteiger partial charge on any atom is -0.370 e. The molecule has 1 aromatic rings. The van der Waals surface area contributed by atoms with E-state index >= 15 is 0 Å². The van der Waals surface area contributed by atoms with Crippen molar-refractivity contribution in [3.8, 4) is 0 Å². The fourth-order valence-electron chi connectivity index (χ4n) is 2.20. The number of ether oxygens (including phenoxy) is 1. The second-order valence-corrected chi connectivity index (χ2v) is 4.39. The molecule has 0 aromatic carbocycles. The Bertz CT molecular complexity index is 350. The van der Waals surface area contributed by atoms with Gasteiger partial charge in [0.1, 0.15) is 11.9 Å². The highest BCUT2D eigenvalue weighted by molar-refractivity contribution is 5.02. The van der Waals surface area contributed by atoms with Gasteiger partial charge in [0.2, 0.25) is 0 Å². The molecule has 90 valence electrons. The van der Waals surface area contributed by atoms with Gasteiger partial charge < -0.3 is 15.0 Å². The van der Waals surface area contributed by atoms with Crippen LogP contribution >= 0.6 is 0 Å². The first-order valence-electron chi connectivity index (χ1n) is 6.01. The molecule has 0 radical (unpaired) electrons. The summed E-state index contributed by atoms with van der Waals surface area (Å²) >= 11 is 0. The molecule has 5 heteroatoms. The minimum atomic E-state index is 0.0966. The summed E-state index contributed by atoms with van der Waals surface area (Å²) in [6.45, 7) is 6.52. The smallest absolute Gasteiger partial charge is 0.162 e. The maximum Gasteiger partial charge on any atom is 0.162 e. The van der Waals surface area contributed by atoms with E-state index in [0.717, 1.165) is 37.6 Å². The van der Waals surface area contributed by atoms with Crippen LogP contribution in [-0.4, -0.2) is 21.4 Å². The zero-order chi connectivity index (χ0) is 11.5. The van der Waals surface area contributed by atoms with Crippen LogP contribution in [0.25, 0.3) is 0 Å². The van der Waals surface area contributed by atoms with Crippen LogP contribution in [0.4, 0.5) is 0 Å². The van der Waals surface area contributed by atoms with Crippen LogP contribution in [0.1, 0.15) is 44.4 Å². The Hall–Kier alpha value is -0.940. The maximum absolute atomic E-state index is 5.73. The summed E-state index contributed by atoms with van der Waals surface area (Å²) in [5.41, 5.74) is 5.66. The van der Waals surface area contributed by atoms with Crippen LogP contribution in [0, 0.1) is 5.92 Å². The molecule has 2 N–H and O–H groups in total. The van der Waals surface area contributed by atoms with Gasteiger partial charge >= 0.3 is 0 Å². The fourth-order valence-corrected chi connectivity index (χ4v) is 2.20. The molecular formula is C11H20N4O. The van der Waals surface area contributed by atoms with Gasteiger partial charge in [-0.25, -0.2) is 0 Å². The van der Waals surface area contributed by atoms with Crippen LogP contribution < -0.4 is 5.73 Å². The molecule has 16 heavy (non-hydrogen) atoms. The van der Waals surface area contributed by atoms with E-state index in [-0.39, 0.29) is 6.10 Å². The number of rotatable bonds is 4. The Morgan fingerprint density at radius 2 is 2.31 bits per heavy atom. The predicted molar refractivity (Wildman–Crippen MR) is 60.7 cm³/mol. The average molecular weight is 224 g/mol. The van der Waals surface area contributed by atoms with Crippen molar-refractivity contribution in [3.05, 3.63) is 11.6 Å². The summed E-state index contributed by atoms with van der Waals surface area (Å²) in [7, 11) is 0. The highest BCUT2D eigenvalue weighted by Gasteiger charge is 2.30. The Kier molecular flexibility index (Phi) is 3.56. The van der Waals surface area contributed by atoms with Crippen LogP contribution in [-0.2, 0) is 17.8 Å². The quantitative estimate of drug-likeness (QED) is 0.835. The van der Waals surface area contributed by atoms with Crippen molar-refractivity contribution in [1.29, 1.82) is 0 Å². The molecule has 1 aliphatic rings. The summed E-state index contributed by atoms with van der Waals surface area (Å²) in [5, 5.41) is 8.39. The number of hydrogen-bond acceptors (Lipinski definition) is 4. The lowest BCUT2D eigenvalue weighted by Gasteiger charge is -2.16. The van der Waals surface area contributed by atoms with Gasteiger partial charge in [-0.15, -0.1) is 10.2 Å². The summed E-state index contributed by atoms with van der Waals surface area (Å²) in [6.07, 6.45) is 2.25. The zero-order valence-corrected chi connectivity index (χ0v) is 10.0. The number of nitrogens with two attached hydrogens (primary N) is 1.